The summed E-state index contributed by atoms with van der Waals surface area (Å²) in [7, 11) is 0. The molecule has 1 heterocycles. The van der Waals surface area contributed by atoms with Crippen LogP contribution in [-0.2, 0) is 9.53 Å². The fourth-order valence-electron chi connectivity index (χ4n) is 1.75. The fraction of sp³-hybridized carbons (Fsp3) is 0.417. The molecule has 18 heavy (non-hydrogen) atoms. The summed E-state index contributed by atoms with van der Waals surface area (Å²) in [6.45, 7) is 2.17. The Kier molecular flexibility index (Phi) is 4.83. The Morgan fingerprint density at radius 1 is 1.50 bits per heavy atom. The number of benzene rings is 1. The van der Waals surface area contributed by atoms with Crippen molar-refractivity contribution in [1.82, 2.24) is 5.32 Å². The van der Waals surface area contributed by atoms with Crippen LogP contribution in [0.25, 0.3) is 0 Å². The molecule has 1 unspecified atom stereocenters. The van der Waals surface area contributed by atoms with Crippen LogP contribution >= 0.6 is 23.2 Å². The zero-order valence-corrected chi connectivity index (χ0v) is 11.2. The third kappa shape index (κ3) is 3.85. The van der Waals surface area contributed by atoms with Crippen molar-refractivity contribution in [2.45, 2.75) is 12.5 Å². The van der Waals surface area contributed by atoms with Crippen LogP contribution in [0.15, 0.2) is 18.2 Å². The summed E-state index contributed by atoms with van der Waals surface area (Å²) in [5.41, 5.74) is 0.565. The molecule has 1 fully saturated rings. The lowest BCUT2D eigenvalue weighted by Gasteiger charge is -2.23. The minimum Gasteiger partial charge on any atom is -0.375 e. The number of anilines is 1. The first-order valence-electron chi connectivity index (χ1n) is 5.72. The van der Waals surface area contributed by atoms with E-state index in [1.165, 1.54) is 0 Å². The number of rotatable bonds is 3. The number of hydrogen-bond acceptors (Lipinski definition) is 3. The van der Waals surface area contributed by atoms with Gasteiger partial charge in [0.25, 0.3) is 0 Å². The lowest BCUT2D eigenvalue weighted by molar-refractivity contribution is -0.119. The number of halogens is 2. The molecular formula is C12H14Cl2N2O2. The van der Waals surface area contributed by atoms with Crippen LogP contribution in [0.4, 0.5) is 5.69 Å². The van der Waals surface area contributed by atoms with E-state index in [-0.39, 0.29) is 12.0 Å². The number of carbonyl (C=O) groups is 1. The highest BCUT2D eigenvalue weighted by Gasteiger charge is 2.17. The maximum atomic E-state index is 11.8. The van der Waals surface area contributed by atoms with Gasteiger partial charge >= 0.3 is 0 Å². The van der Waals surface area contributed by atoms with E-state index in [4.69, 9.17) is 27.9 Å². The topological polar surface area (TPSA) is 50.4 Å². The molecule has 0 radical (unpaired) electrons. The van der Waals surface area contributed by atoms with Crippen LogP contribution in [-0.4, -0.2) is 31.7 Å². The lowest BCUT2D eigenvalue weighted by atomic mass is 10.2. The lowest BCUT2D eigenvalue weighted by Crippen LogP contribution is -2.40. The van der Waals surface area contributed by atoms with E-state index in [0.29, 0.717) is 35.3 Å². The highest BCUT2D eigenvalue weighted by Crippen LogP contribution is 2.25. The summed E-state index contributed by atoms with van der Waals surface area (Å²) in [6.07, 6.45) is 0.233. The number of morpholine rings is 1. The molecule has 0 bridgehead atoms. The van der Waals surface area contributed by atoms with Crippen LogP contribution in [0.5, 0.6) is 0 Å². The molecule has 0 aliphatic carbocycles. The molecule has 1 aliphatic heterocycles. The third-order valence-electron chi connectivity index (χ3n) is 2.62. The number of ether oxygens (including phenoxy) is 1. The first-order chi connectivity index (χ1) is 8.65. The Morgan fingerprint density at radius 3 is 3.00 bits per heavy atom. The molecule has 1 aliphatic rings. The molecule has 0 aromatic heterocycles. The largest absolute Gasteiger partial charge is 0.375 e. The maximum Gasteiger partial charge on any atom is 0.227 e. The molecule has 0 spiro atoms. The summed E-state index contributed by atoms with van der Waals surface area (Å²) >= 11 is 11.8. The van der Waals surface area contributed by atoms with E-state index in [2.05, 4.69) is 10.6 Å². The second kappa shape index (κ2) is 6.38. The van der Waals surface area contributed by atoms with Crippen molar-refractivity contribution >= 4 is 34.8 Å². The summed E-state index contributed by atoms with van der Waals surface area (Å²) in [4.78, 5) is 11.8. The minimum atomic E-state index is -0.118. The Hall–Kier alpha value is -0.810. The predicted octanol–water partition coefficient (Wildman–Crippen LogP) is 2.31. The first-order valence-corrected chi connectivity index (χ1v) is 6.48. The van der Waals surface area contributed by atoms with Crippen molar-refractivity contribution in [2.24, 2.45) is 0 Å². The molecule has 1 aromatic rings. The minimum absolute atomic E-state index is 0.0789. The standard InChI is InChI=1S/C12H14Cl2N2O2/c13-8-1-2-11(10(14)5-8)16-12(17)6-9-7-15-3-4-18-9/h1-2,5,9,15H,3-4,6-7H2,(H,16,17). The Morgan fingerprint density at radius 2 is 2.33 bits per heavy atom. The van der Waals surface area contributed by atoms with Crippen molar-refractivity contribution in [2.75, 3.05) is 25.0 Å². The molecule has 6 heteroatoms. The molecule has 2 N–H and O–H groups in total. The van der Waals surface area contributed by atoms with Gasteiger partial charge in [-0.25, -0.2) is 0 Å². The van der Waals surface area contributed by atoms with E-state index < -0.39 is 0 Å². The second-order valence-corrected chi connectivity index (χ2v) is 4.92. The van der Waals surface area contributed by atoms with Crippen molar-refractivity contribution in [3.05, 3.63) is 28.2 Å². The third-order valence-corrected chi connectivity index (χ3v) is 3.17. The summed E-state index contributed by atoms with van der Waals surface area (Å²) in [5.74, 6) is -0.118. The first kappa shape index (κ1) is 13.6. The molecule has 0 saturated carbocycles. The van der Waals surface area contributed by atoms with Gasteiger partial charge in [0.1, 0.15) is 0 Å². The average Bonchev–Trinajstić information content (AvgIpc) is 2.34. The van der Waals surface area contributed by atoms with E-state index >= 15 is 0 Å². The van der Waals surface area contributed by atoms with Gasteiger partial charge in [-0.3, -0.25) is 4.79 Å². The van der Waals surface area contributed by atoms with Crippen LogP contribution < -0.4 is 10.6 Å². The van der Waals surface area contributed by atoms with Gasteiger partial charge in [0.2, 0.25) is 5.91 Å². The number of amides is 1. The van der Waals surface area contributed by atoms with Gasteiger partial charge < -0.3 is 15.4 Å². The fourth-order valence-corrected chi connectivity index (χ4v) is 2.21. The van der Waals surface area contributed by atoms with Gasteiger partial charge in [-0.2, -0.15) is 0 Å². The monoisotopic (exact) mass is 288 g/mol. The SMILES string of the molecule is O=C(CC1CNCCO1)Nc1ccc(Cl)cc1Cl. The molecule has 1 saturated heterocycles. The van der Waals surface area contributed by atoms with Gasteiger partial charge in [-0.15, -0.1) is 0 Å². The normalized spacial score (nSPS) is 19.6. The van der Waals surface area contributed by atoms with Gasteiger partial charge in [-0.05, 0) is 18.2 Å². The van der Waals surface area contributed by atoms with E-state index in [1.807, 2.05) is 0 Å². The molecule has 2 rings (SSSR count). The van der Waals surface area contributed by atoms with Crippen LogP contribution in [0.1, 0.15) is 6.42 Å². The summed E-state index contributed by atoms with van der Waals surface area (Å²) in [6, 6.07) is 4.96. The maximum absolute atomic E-state index is 11.8. The van der Waals surface area contributed by atoms with E-state index in [1.54, 1.807) is 18.2 Å². The predicted molar refractivity (Wildman–Crippen MR) is 72.3 cm³/mol. The highest BCUT2D eigenvalue weighted by atomic mass is 35.5. The quantitative estimate of drug-likeness (QED) is 0.897. The van der Waals surface area contributed by atoms with Gasteiger partial charge in [0.05, 0.1) is 29.8 Å². The molecular weight excluding hydrogens is 275 g/mol. The second-order valence-electron chi connectivity index (χ2n) is 4.07. The summed E-state index contributed by atoms with van der Waals surface area (Å²) in [5, 5.41) is 6.89. The smallest absolute Gasteiger partial charge is 0.227 e. The van der Waals surface area contributed by atoms with Gasteiger partial charge in [0.15, 0.2) is 0 Å². The Bertz CT molecular complexity index is 434. The van der Waals surface area contributed by atoms with Crippen LogP contribution in [0.2, 0.25) is 10.0 Å². The Balaban J connectivity index is 1.90. The highest BCUT2D eigenvalue weighted by molar-refractivity contribution is 6.36. The zero-order valence-electron chi connectivity index (χ0n) is 9.71. The van der Waals surface area contributed by atoms with Crippen LogP contribution in [0.3, 0.4) is 0 Å². The number of hydrogen-bond donors (Lipinski definition) is 2. The van der Waals surface area contributed by atoms with E-state index in [9.17, 15) is 4.79 Å². The zero-order chi connectivity index (χ0) is 13.0. The molecule has 1 aromatic carbocycles. The van der Waals surface area contributed by atoms with Crippen molar-refractivity contribution in [3.8, 4) is 0 Å². The Labute approximate surface area is 116 Å². The van der Waals surface area contributed by atoms with Crippen molar-refractivity contribution < 1.29 is 9.53 Å². The molecule has 98 valence electrons. The number of nitrogens with one attached hydrogen (secondary N) is 2. The van der Waals surface area contributed by atoms with Crippen molar-refractivity contribution in [3.63, 3.8) is 0 Å². The van der Waals surface area contributed by atoms with Gasteiger partial charge in [0, 0.05) is 18.1 Å². The molecule has 1 amide bonds. The molecule has 1 atom stereocenters. The summed E-state index contributed by atoms with van der Waals surface area (Å²) < 4.78 is 5.46. The average molecular weight is 289 g/mol. The van der Waals surface area contributed by atoms with E-state index in [0.717, 1.165) is 6.54 Å². The molecule has 4 nitrogen and oxygen atoms in total. The van der Waals surface area contributed by atoms with Crippen LogP contribution in [0, 0.1) is 0 Å². The van der Waals surface area contributed by atoms with Crippen molar-refractivity contribution in [1.29, 1.82) is 0 Å². The number of carbonyl (C=O) groups excluding carboxylic acids is 1. The van der Waals surface area contributed by atoms with Gasteiger partial charge in [-0.1, -0.05) is 23.2 Å².